The van der Waals surface area contributed by atoms with Crippen LogP contribution in [0.3, 0.4) is 0 Å². The number of benzene rings is 2. The minimum atomic E-state index is -0.943. The Morgan fingerprint density at radius 3 is 2.91 bits per heavy atom. The smallest absolute Gasteiger partial charge is 0.252 e. The molecule has 2 aromatic carbocycles. The van der Waals surface area contributed by atoms with Gasteiger partial charge in [0.05, 0.1) is 33.5 Å². The highest BCUT2D eigenvalue weighted by molar-refractivity contribution is 7.16. The quantitative estimate of drug-likeness (QED) is 0.387. The molecule has 1 amide bonds. The summed E-state index contributed by atoms with van der Waals surface area (Å²) in [4.78, 5) is 18.5. The van der Waals surface area contributed by atoms with Gasteiger partial charge in [-0.25, -0.2) is 4.98 Å². The lowest BCUT2D eigenvalue weighted by Gasteiger charge is -2.32. The summed E-state index contributed by atoms with van der Waals surface area (Å²) in [6.45, 7) is 3.31. The fourth-order valence-electron chi connectivity index (χ4n) is 3.93. The van der Waals surface area contributed by atoms with Gasteiger partial charge in [-0.15, -0.1) is 11.3 Å². The van der Waals surface area contributed by atoms with Crippen LogP contribution in [0.15, 0.2) is 41.9 Å². The second-order valence-corrected chi connectivity index (χ2v) is 9.04. The van der Waals surface area contributed by atoms with Crippen LogP contribution in [0.25, 0.3) is 21.5 Å². The zero-order chi connectivity index (χ0) is 22.4. The number of halogens is 1. The maximum Gasteiger partial charge on any atom is 0.252 e. The second-order valence-electron chi connectivity index (χ2n) is 7.75. The molecule has 3 heterocycles. The molecule has 0 bridgehead atoms. The zero-order valence-electron chi connectivity index (χ0n) is 17.2. The highest BCUT2D eigenvalue weighted by atomic mass is 35.5. The SMILES string of the molecule is Cc1ccc(-c2nn3c(c2C(N)=O)CN(C(O)Nc2ccc4ncsc4c2)CC3)cc1Cl. The van der Waals surface area contributed by atoms with Gasteiger partial charge in [-0.3, -0.25) is 14.4 Å². The van der Waals surface area contributed by atoms with Crippen molar-refractivity contribution in [3.8, 4) is 11.3 Å². The summed E-state index contributed by atoms with van der Waals surface area (Å²) in [6.07, 6.45) is -0.943. The van der Waals surface area contributed by atoms with Crippen molar-refractivity contribution >= 4 is 44.7 Å². The van der Waals surface area contributed by atoms with Crippen molar-refractivity contribution in [2.45, 2.75) is 26.4 Å². The molecule has 2 aromatic heterocycles. The summed E-state index contributed by atoms with van der Waals surface area (Å²) in [5.41, 5.74) is 12.5. The molecule has 4 aromatic rings. The Morgan fingerprint density at radius 2 is 2.12 bits per heavy atom. The van der Waals surface area contributed by atoms with E-state index in [-0.39, 0.29) is 0 Å². The van der Waals surface area contributed by atoms with Crippen LogP contribution in [0, 0.1) is 6.92 Å². The first-order chi connectivity index (χ1) is 15.4. The van der Waals surface area contributed by atoms with Crippen molar-refractivity contribution in [2.24, 2.45) is 5.73 Å². The lowest BCUT2D eigenvalue weighted by Crippen LogP contribution is -2.45. The van der Waals surface area contributed by atoms with Crippen LogP contribution >= 0.6 is 22.9 Å². The number of anilines is 1. The van der Waals surface area contributed by atoms with Gasteiger partial charge in [0.25, 0.3) is 5.91 Å². The minimum Gasteiger partial charge on any atom is -0.365 e. The van der Waals surface area contributed by atoms with Gasteiger partial charge in [0, 0.05) is 29.4 Å². The standard InChI is InChI=1S/C22H21ClN6O2S/c1-12-2-3-13(8-15(12)23)20-19(21(24)30)17-10-28(6-7-29(17)27-20)22(31)26-14-4-5-16-18(9-14)32-11-25-16/h2-5,8-9,11,22,26,31H,6-7,10H2,1H3,(H2,24,30). The van der Waals surface area contributed by atoms with E-state index in [1.807, 2.05) is 42.2 Å². The van der Waals surface area contributed by atoms with E-state index in [4.69, 9.17) is 17.3 Å². The average Bonchev–Trinajstić information content (AvgIpc) is 3.39. The van der Waals surface area contributed by atoms with Crippen LogP contribution in [-0.2, 0) is 13.1 Å². The van der Waals surface area contributed by atoms with Gasteiger partial charge in [-0.2, -0.15) is 5.10 Å². The number of aryl methyl sites for hydroxylation is 1. The number of primary amides is 1. The van der Waals surface area contributed by atoms with Crippen molar-refractivity contribution in [3.63, 3.8) is 0 Å². The van der Waals surface area contributed by atoms with Crippen LogP contribution in [-0.4, -0.2) is 43.6 Å². The maximum absolute atomic E-state index is 12.4. The van der Waals surface area contributed by atoms with E-state index in [1.54, 1.807) is 27.6 Å². The number of carbonyl (C=O) groups is 1. The van der Waals surface area contributed by atoms with E-state index in [2.05, 4.69) is 15.4 Å². The third-order valence-corrected chi connectivity index (χ3v) is 6.87. The summed E-state index contributed by atoms with van der Waals surface area (Å²) in [7, 11) is 0. The molecule has 164 valence electrons. The third kappa shape index (κ3) is 3.73. The normalized spacial score (nSPS) is 15.0. The molecule has 1 atom stereocenters. The Bertz CT molecular complexity index is 1330. The molecule has 1 aliphatic heterocycles. The maximum atomic E-state index is 12.4. The molecular formula is C22H21ClN6O2S. The minimum absolute atomic E-state index is 0.321. The number of fused-ring (bicyclic) bond motifs is 2. The first-order valence-electron chi connectivity index (χ1n) is 10.1. The van der Waals surface area contributed by atoms with Gasteiger partial charge < -0.3 is 16.2 Å². The van der Waals surface area contributed by atoms with Gasteiger partial charge in [-0.05, 0) is 36.8 Å². The Balaban J connectivity index is 1.42. The molecule has 5 rings (SSSR count). The Hall–Kier alpha value is -2.98. The number of aliphatic hydroxyl groups is 1. The molecule has 0 fully saturated rings. The molecule has 32 heavy (non-hydrogen) atoms. The summed E-state index contributed by atoms with van der Waals surface area (Å²) < 4.78 is 2.83. The molecule has 4 N–H and O–H groups in total. The largest absolute Gasteiger partial charge is 0.365 e. The van der Waals surface area contributed by atoms with E-state index in [0.29, 0.717) is 41.6 Å². The number of thiazole rings is 1. The number of rotatable bonds is 5. The average molecular weight is 469 g/mol. The molecular weight excluding hydrogens is 448 g/mol. The summed E-state index contributed by atoms with van der Waals surface area (Å²) in [6, 6.07) is 11.3. The molecule has 8 nitrogen and oxygen atoms in total. The molecule has 0 radical (unpaired) electrons. The highest BCUT2D eigenvalue weighted by Gasteiger charge is 2.30. The van der Waals surface area contributed by atoms with E-state index >= 15 is 0 Å². The Kier molecular flexibility index (Phi) is 5.34. The molecule has 0 saturated carbocycles. The van der Waals surface area contributed by atoms with Crippen LogP contribution in [0.2, 0.25) is 5.02 Å². The van der Waals surface area contributed by atoms with E-state index < -0.39 is 12.3 Å². The first kappa shape index (κ1) is 20.9. The number of aliphatic hydroxyl groups excluding tert-OH is 1. The third-order valence-electron chi connectivity index (χ3n) is 5.67. The predicted octanol–water partition coefficient (Wildman–Crippen LogP) is 3.42. The van der Waals surface area contributed by atoms with Crippen molar-refractivity contribution in [3.05, 3.63) is 63.8 Å². The fraction of sp³-hybridized carbons (Fsp3) is 0.227. The molecule has 0 spiro atoms. The van der Waals surface area contributed by atoms with Crippen molar-refractivity contribution in [1.29, 1.82) is 0 Å². The fourth-order valence-corrected chi connectivity index (χ4v) is 4.83. The van der Waals surface area contributed by atoms with Gasteiger partial charge in [0.2, 0.25) is 0 Å². The lowest BCUT2D eigenvalue weighted by molar-refractivity contribution is 0.00611. The molecule has 10 heteroatoms. The molecule has 1 aliphatic rings. The van der Waals surface area contributed by atoms with Crippen LogP contribution in [0.1, 0.15) is 21.6 Å². The number of carbonyl (C=O) groups excluding carboxylic acids is 1. The topological polar surface area (TPSA) is 109 Å². The highest BCUT2D eigenvalue weighted by Crippen LogP contribution is 2.31. The number of hydrogen-bond acceptors (Lipinski definition) is 7. The number of nitrogens with two attached hydrogens (primary N) is 1. The number of nitrogens with one attached hydrogen (secondary N) is 1. The van der Waals surface area contributed by atoms with Crippen molar-refractivity contribution in [2.75, 3.05) is 11.9 Å². The Labute approximate surface area is 193 Å². The number of amides is 1. The predicted molar refractivity (Wildman–Crippen MR) is 126 cm³/mol. The van der Waals surface area contributed by atoms with E-state index in [9.17, 15) is 9.90 Å². The van der Waals surface area contributed by atoms with Crippen molar-refractivity contribution < 1.29 is 9.90 Å². The van der Waals surface area contributed by atoms with Gasteiger partial charge in [-0.1, -0.05) is 23.7 Å². The molecule has 0 aliphatic carbocycles. The Morgan fingerprint density at radius 1 is 1.28 bits per heavy atom. The first-order valence-corrected chi connectivity index (χ1v) is 11.3. The monoisotopic (exact) mass is 468 g/mol. The number of nitrogens with zero attached hydrogens (tertiary/aromatic N) is 4. The number of aromatic nitrogens is 3. The van der Waals surface area contributed by atoms with E-state index in [0.717, 1.165) is 27.0 Å². The number of hydrogen-bond donors (Lipinski definition) is 3. The van der Waals surface area contributed by atoms with Gasteiger partial charge >= 0.3 is 0 Å². The van der Waals surface area contributed by atoms with Gasteiger partial charge in [0.15, 0.2) is 6.35 Å². The zero-order valence-corrected chi connectivity index (χ0v) is 18.8. The van der Waals surface area contributed by atoms with Crippen LogP contribution in [0.5, 0.6) is 0 Å². The van der Waals surface area contributed by atoms with E-state index in [1.165, 1.54) is 0 Å². The summed E-state index contributed by atoms with van der Waals surface area (Å²) in [5, 5.41) is 19.2. The van der Waals surface area contributed by atoms with Crippen LogP contribution in [0.4, 0.5) is 5.69 Å². The lowest BCUT2D eigenvalue weighted by atomic mass is 10.0. The summed E-state index contributed by atoms with van der Waals surface area (Å²) >= 11 is 7.83. The molecule has 1 unspecified atom stereocenters. The van der Waals surface area contributed by atoms with Gasteiger partial charge in [0.1, 0.15) is 5.69 Å². The van der Waals surface area contributed by atoms with Crippen molar-refractivity contribution in [1.82, 2.24) is 19.7 Å². The van der Waals surface area contributed by atoms with Crippen LogP contribution < -0.4 is 11.1 Å². The summed E-state index contributed by atoms with van der Waals surface area (Å²) in [5.74, 6) is -0.558. The second kappa shape index (κ2) is 8.18. The molecule has 0 saturated heterocycles.